The Hall–Kier alpha value is -2.51. The van der Waals surface area contributed by atoms with Crippen LogP contribution in [0.3, 0.4) is 0 Å². The standard InChI is InChI=1S/C14H21FN4O9/c1-5(21)26-7(4-20)10(27-6(2)22)11-8(16)9(18-19-17)12(15)14(24,28-11)13(23)25-3/h7-12,20,24H,4,16H2,1-3H3. The van der Waals surface area contributed by atoms with Gasteiger partial charge >= 0.3 is 17.9 Å². The monoisotopic (exact) mass is 408 g/mol. The first kappa shape index (κ1) is 23.5. The molecule has 158 valence electrons. The molecule has 0 aliphatic carbocycles. The van der Waals surface area contributed by atoms with Crippen LogP contribution in [-0.4, -0.2) is 84.2 Å². The lowest BCUT2D eigenvalue weighted by molar-refractivity contribution is -0.305. The number of rotatable bonds is 7. The highest BCUT2D eigenvalue weighted by Crippen LogP contribution is 2.35. The fraction of sp³-hybridized carbons (Fsp3) is 0.786. The van der Waals surface area contributed by atoms with Crippen LogP contribution in [0.15, 0.2) is 5.11 Å². The Bertz CT molecular complexity index is 659. The number of halogens is 1. The summed E-state index contributed by atoms with van der Waals surface area (Å²) in [6.07, 6.45) is -7.63. The number of carbonyl (C=O) groups excluding carboxylic acids is 3. The van der Waals surface area contributed by atoms with Crippen LogP contribution >= 0.6 is 0 Å². The van der Waals surface area contributed by atoms with Crippen molar-refractivity contribution in [3.05, 3.63) is 10.4 Å². The molecule has 1 rings (SSSR count). The summed E-state index contributed by atoms with van der Waals surface area (Å²) < 4.78 is 33.9. The zero-order valence-electron chi connectivity index (χ0n) is 15.2. The van der Waals surface area contributed by atoms with Crippen LogP contribution in [0, 0.1) is 0 Å². The highest BCUT2D eigenvalue weighted by molar-refractivity contribution is 5.78. The third kappa shape index (κ3) is 4.85. The minimum atomic E-state index is -3.28. The molecule has 13 nitrogen and oxygen atoms in total. The smallest absolute Gasteiger partial charge is 0.369 e. The summed E-state index contributed by atoms with van der Waals surface area (Å²) in [7, 11) is 0.835. The third-order valence-electron chi connectivity index (χ3n) is 3.92. The van der Waals surface area contributed by atoms with Crippen molar-refractivity contribution in [3.8, 4) is 0 Å². The predicted octanol–water partition coefficient (Wildman–Crippen LogP) is -1.55. The summed E-state index contributed by atoms with van der Waals surface area (Å²) in [6, 6.07) is -3.44. The molecule has 1 aliphatic rings. The number of nitrogens with two attached hydrogens (primary N) is 1. The van der Waals surface area contributed by atoms with Gasteiger partial charge in [-0.25, -0.2) is 9.18 Å². The molecule has 1 fully saturated rings. The Balaban J connectivity index is 3.46. The van der Waals surface area contributed by atoms with E-state index in [0.29, 0.717) is 0 Å². The maximum atomic E-state index is 14.7. The Morgan fingerprint density at radius 3 is 2.36 bits per heavy atom. The first-order valence-electron chi connectivity index (χ1n) is 7.91. The second-order valence-electron chi connectivity index (χ2n) is 5.85. The number of nitrogens with zero attached hydrogens (tertiary/aromatic N) is 3. The molecule has 0 spiro atoms. The van der Waals surface area contributed by atoms with Crippen LogP contribution in [0.5, 0.6) is 0 Å². The minimum Gasteiger partial charge on any atom is -0.465 e. The van der Waals surface area contributed by atoms with E-state index < -0.39 is 66.9 Å². The van der Waals surface area contributed by atoms with Gasteiger partial charge in [0.25, 0.3) is 5.79 Å². The minimum absolute atomic E-state index is 0.835. The molecule has 0 saturated carbocycles. The first-order valence-corrected chi connectivity index (χ1v) is 7.91. The molecule has 1 saturated heterocycles. The van der Waals surface area contributed by atoms with Crippen LogP contribution in [0.1, 0.15) is 13.8 Å². The lowest BCUT2D eigenvalue weighted by atomic mass is 9.86. The number of esters is 3. The molecule has 1 aliphatic heterocycles. The van der Waals surface area contributed by atoms with E-state index in [0.717, 1.165) is 21.0 Å². The molecular formula is C14H21FN4O9. The van der Waals surface area contributed by atoms with E-state index in [1.54, 1.807) is 0 Å². The van der Waals surface area contributed by atoms with Crippen molar-refractivity contribution in [3.63, 3.8) is 0 Å². The van der Waals surface area contributed by atoms with E-state index in [-0.39, 0.29) is 0 Å². The lowest BCUT2D eigenvalue weighted by Crippen LogP contribution is -2.71. The zero-order valence-corrected chi connectivity index (χ0v) is 15.2. The number of alkyl halides is 1. The lowest BCUT2D eigenvalue weighted by Gasteiger charge is -2.46. The van der Waals surface area contributed by atoms with Crippen molar-refractivity contribution in [2.75, 3.05) is 13.7 Å². The molecule has 14 heteroatoms. The van der Waals surface area contributed by atoms with Gasteiger partial charge in [-0.3, -0.25) is 9.59 Å². The average Bonchev–Trinajstić information content (AvgIpc) is 2.63. The molecule has 0 amide bonds. The average molecular weight is 408 g/mol. The van der Waals surface area contributed by atoms with Crippen LogP contribution in [0.4, 0.5) is 4.39 Å². The Labute approximate surface area is 158 Å². The predicted molar refractivity (Wildman–Crippen MR) is 85.8 cm³/mol. The quantitative estimate of drug-likeness (QED) is 0.145. The molecule has 28 heavy (non-hydrogen) atoms. The van der Waals surface area contributed by atoms with Gasteiger partial charge in [-0.15, -0.1) is 0 Å². The number of azide groups is 1. The second kappa shape index (κ2) is 9.61. The van der Waals surface area contributed by atoms with E-state index in [4.69, 9.17) is 25.5 Å². The molecule has 0 radical (unpaired) electrons. The first-order chi connectivity index (χ1) is 13.0. The molecule has 0 aromatic heterocycles. The molecule has 0 aromatic carbocycles. The maximum absolute atomic E-state index is 14.7. The summed E-state index contributed by atoms with van der Waals surface area (Å²) >= 11 is 0. The molecule has 0 aromatic rings. The summed E-state index contributed by atoms with van der Waals surface area (Å²) in [5, 5.41) is 23.0. The van der Waals surface area contributed by atoms with Gasteiger partial charge in [0.15, 0.2) is 18.4 Å². The van der Waals surface area contributed by atoms with Crippen molar-refractivity contribution in [2.24, 2.45) is 10.8 Å². The Kier molecular flexibility index (Phi) is 8.08. The van der Waals surface area contributed by atoms with Crippen molar-refractivity contribution in [1.29, 1.82) is 0 Å². The SMILES string of the molecule is COC(=O)C1(O)OC(C(OC(C)=O)C(CO)OC(C)=O)C(N)C(N=[N+]=[N-])C1F. The largest absolute Gasteiger partial charge is 0.465 e. The second-order valence-corrected chi connectivity index (χ2v) is 5.85. The van der Waals surface area contributed by atoms with Crippen molar-refractivity contribution in [1.82, 2.24) is 0 Å². The molecule has 7 unspecified atom stereocenters. The van der Waals surface area contributed by atoms with Crippen LogP contribution < -0.4 is 5.73 Å². The topological polar surface area (TPSA) is 203 Å². The number of carbonyl (C=O) groups is 3. The van der Waals surface area contributed by atoms with Crippen LogP contribution in [0.25, 0.3) is 10.4 Å². The van der Waals surface area contributed by atoms with Gasteiger partial charge in [-0.2, -0.15) is 0 Å². The summed E-state index contributed by atoms with van der Waals surface area (Å²) in [5.74, 6) is -6.66. The normalized spacial score (nSPS) is 31.7. The molecule has 1 heterocycles. The molecule has 0 bridgehead atoms. The Morgan fingerprint density at radius 1 is 1.36 bits per heavy atom. The molecular weight excluding hydrogens is 387 g/mol. The summed E-state index contributed by atoms with van der Waals surface area (Å²) in [4.78, 5) is 37.1. The van der Waals surface area contributed by atoms with E-state index in [2.05, 4.69) is 14.8 Å². The van der Waals surface area contributed by atoms with Gasteiger partial charge in [0, 0.05) is 24.8 Å². The van der Waals surface area contributed by atoms with Crippen LogP contribution in [-0.2, 0) is 33.3 Å². The van der Waals surface area contributed by atoms with E-state index in [1.165, 1.54) is 0 Å². The molecule has 4 N–H and O–H groups in total. The number of aliphatic hydroxyl groups excluding tert-OH is 1. The fourth-order valence-corrected chi connectivity index (χ4v) is 2.73. The van der Waals surface area contributed by atoms with E-state index in [1.807, 2.05) is 0 Å². The molecule has 7 atom stereocenters. The van der Waals surface area contributed by atoms with Gasteiger partial charge in [0.05, 0.1) is 19.8 Å². The highest BCUT2D eigenvalue weighted by atomic mass is 19.1. The van der Waals surface area contributed by atoms with Crippen molar-refractivity contribution < 1.29 is 47.9 Å². The van der Waals surface area contributed by atoms with Gasteiger partial charge < -0.3 is 34.9 Å². The number of hydrogen-bond acceptors (Lipinski definition) is 11. The zero-order chi connectivity index (χ0) is 21.6. The van der Waals surface area contributed by atoms with Crippen LogP contribution in [0.2, 0.25) is 0 Å². The van der Waals surface area contributed by atoms with E-state index >= 15 is 0 Å². The van der Waals surface area contributed by atoms with Crippen molar-refractivity contribution >= 4 is 17.9 Å². The van der Waals surface area contributed by atoms with Gasteiger partial charge in [0.1, 0.15) is 6.10 Å². The Morgan fingerprint density at radius 2 is 1.93 bits per heavy atom. The maximum Gasteiger partial charge on any atom is 0.369 e. The highest BCUT2D eigenvalue weighted by Gasteiger charge is 2.61. The summed E-state index contributed by atoms with van der Waals surface area (Å²) in [6.45, 7) is 1.09. The number of hydrogen-bond donors (Lipinski definition) is 3. The van der Waals surface area contributed by atoms with Crippen molar-refractivity contribution in [2.45, 2.75) is 56.2 Å². The fourth-order valence-electron chi connectivity index (χ4n) is 2.73. The number of ether oxygens (including phenoxy) is 4. The summed E-state index contributed by atoms with van der Waals surface area (Å²) in [5.41, 5.74) is 14.5. The van der Waals surface area contributed by atoms with Gasteiger partial charge in [-0.05, 0) is 5.53 Å². The number of methoxy groups -OCH3 is 1. The van der Waals surface area contributed by atoms with E-state index in [9.17, 15) is 29.0 Å². The number of aliphatic hydroxyl groups is 2. The third-order valence-corrected chi connectivity index (χ3v) is 3.92. The van der Waals surface area contributed by atoms with Gasteiger partial charge in [0.2, 0.25) is 0 Å². The van der Waals surface area contributed by atoms with Gasteiger partial charge in [-0.1, -0.05) is 5.11 Å².